The van der Waals surface area contributed by atoms with Crippen molar-refractivity contribution in [2.24, 2.45) is 48.7 Å². The van der Waals surface area contributed by atoms with E-state index in [1.165, 1.54) is 51.4 Å². The van der Waals surface area contributed by atoms with E-state index in [4.69, 9.17) is 0 Å². The molecule has 0 unspecified atom stereocenters. The predicted octanol–water partition coefficient (Wildman–Crippen LogP) is 19.6. The lowest BCUT2D eigenvalue weighted by atomic mass is 9.71. The van der Waals surface area contributed by atoms with Crippen LogP contribution in [-0.2, 0) is 0 Å². The third kappa shape index (κ3) is 82.8. The number of hydrogen-bond acceptors (Lipinski definition) is 0. The summed E-state index contributed by atoms with van der Waals surface area (Å²) in [5.74, 6) is 0. The van der Waals surface area contributed by atoms with Gasteiger partial charge in [0.2, 0.25) is 0 Å². The van der Waals surface area contributed by atoms with Crippen LogP contribution in [0.1, 0.15) is 261 Å². The summed E-state index contributed by atoms with van der Waals surface area (Å²) >= 11 is 0. The molecule has 0 radical (unpaired) electrons. The van der Waals surface area contributed by atoms with Crippen LogP contribution in [0, 0.1) is 48.7 Å². The van der Waals surface area contributed by atoms with Crippen molar-refractivity contribution in [3.63, 3.8) is 0 Å². The lowest BCUT2D eigenvalue weighted by Gasteiger charge is -2.34. The lowest BCUT2D eigenvalue weighted by Crippen LogP contribution is -2.22. The summed E-state index contributed by atoms with van der Waals surface area (Å²) < 4.78 is 0. The van der Waals surface area contributed by atoms with E-state index < -0.39 is 0 Å². The molecule has 0 aromatic heterocycles. The van der Waals surface area contributed by atoms with Gasteiger partial charge in [0.15, 0.2) is 0 Å². The summed E-state index contributed by atoms with van der Waals surface area (Å²) in [6.45, 7) is 60.0. The second-order valence-corrected chi connectivity index (χ2v) is 24.9. The van der Waals surface area contributed by atoms with Crippen molar-refractivity contribution < 1.29 is 0 Å². The fourth-order valence-electron chi connectivity index (χ4n) is 5.45. The number of allylic oxidation sites excluding steroid dienone is 2. The van der Waals surface area contributed by atoms with Gasteiger partial charge in [-0.05, 0) is 100 Å². The lowest BCUT2D eigenvalue weighted by molar-refractivity contribution is 0.173. The van der Waals surface area contributed by atoms with E-state index in [9.17, 15) is 0 Å². The highest BCUT2D eigenvalue weighted by atomic mass is 14.3. The first-order valence-corrected chi connectivity index (χ1v) is 18.7. The molecule has 0 nitrogen and oxygen atoms in total. The number of rotatable bonds is 6. The fourth-order valence-corrected chi connectivity index (χ4v) is 5.45. The second kappa shape index (κ2) is 25.7. The van der Waals surface area contributed by atoms with Crippen molar-refractivity contribution in [2.75, 3.05) is 0 Å². The van der Waals surface area contributed by atoms with E-state index in [2.05, 4.69) is 192 Å². The quantitative estimate of drug-likeness (QED) is 0.242. The van der Waals surface area contributed by atoms with Crippen molar-refractivity contribution in [1.29, 1.82) is 0 Å². The standard InChI is InChI=1S/C14H30.C12H24.C10H22.C9H20.4CH4/c1-12(2,3)9-10-14(7,8)11-13(4,5)6;1-11(2,3)9-7-8-10-12(4,5)6;1-9(2,3)7-8-10(4,5)6;1-8(2,3)7-9(4,5)6;;;;/h9-11H2,1-8H3;7-8H,9-10H2,1-6H3;7-8H2,1-6H3;7H2,1-6H3;4*1H4/b;8-7-;;;;;;. The Labute approximate surface area is 321 Å². The predicted molar refractivity (Wildman–Crippen MR) is 242 cm³/mol. The zero-order valence-electron chi connectivity index (χ0n) is 37.3. The Hall–Kier alpha value is -0.260. The van der Waals surface area contributed by atoms with Crippen LogP contribution < -0.4 is 0 Å². The molecule has 0 atom stereocenters. The van der Waals surface area contributed by atoms with Crippen molar-refractivity contribution in [1.82, 2.24) is 0 Å². The van der Waals surface area contributed by atoms with Gasteiger partial charge < -0.3 is 0 Å². The molecule has 0 aliphatic carbocycles. The largest absolute Gasteiger partial charge is 0.0880 e. The molecule has 0 saturated heterocycles. The minimum atomic E-state index is 0. The smallest absolute Gasteiger partial charge is 0.0302 e. The Kier molecular flexibility index (Phi) is 35.1. The van der Waals surface area contributed by atoms with Gasteiger partial charge in [0.1, 0.15) is 0 Å². The van der Waals surface area contributed by atoms with Gasteiger partial charge in [-0.3, -0.25) is 0 Å². The molecule has 0 saturated carbocycles. The molecule has 0 rings (SSSR count). The second-order valence-electron chi connectivity index (χ2n) is 24.9. The molecule has 0 N–H and O–H groups in total. The van der Waals surface area contributed by atoms with E-state index in [-0.39, 0.29) is 29.7 Å². The Balaban J connectivity index is -0.0000000751. The summed E-state index contributed by atoms with van der Waals surface area (Å²) in [6.07, 6.45) is 14.9. The van der Waals surface area contributed by atoms with Gasteiger partial charge in [0, 0.05) is 0 Å². The topological polar surface area (TPSA) is 0 Å². The summed E-state index contributed by atoms with van der Waals surface area (Å²) in [6, 6.07) is 0. The van der Waals surface area contributed by atoms with Crippen LogP contribution in [0.5, 0.6) is 0 Å². The van der Waals surface area contributed by atoms with Crippen LogP contribution in [0.2, 0.25) is 0 Å². The molecular weight excluding hydrogens is 589 g/mol. The van der Waals surface area contributed by atoms with Crippen LogP contribution in [0.4, 0.5) is 0 Å². The molecule has 0 fully saturated rings. The van der Waals surface area contributed by atoms with Gasteiger partial charge in [0.25, 0.3) is 0 Å². The first kappa shape index (κ1) is 66.9. The van der Waals surface area contributed by atoms with Crippen LogP contribution in [0.25, 0.3) is 0 Å². The first-order chi connectivity index (χ1) is 19.0. The average molecular weight is 701 g/mol. The van der Waals surface area contributed by atoms with Gasteiger partial charge in [-0.2, -0.15) is 0 Å². The van der Waals surface area contributed by atoms with Gasteiger partial charge in [0.05, 0.1) is 0 Å². The van der Waals surface area contributed by atoms with Crippen molar-refractivity contribution in [2.45, 2.75) is 261 Å². The minimum absolute atomic E-state index is 0. The maximum Gasteiger partial charge on any atom is -0.0302 e. The Morgan fingerprint density at radius 1 is 0.245 bits per heavy atom. The Morgan fingerprint density at radius 2 is 0.449 bits per heavy atom. The third-order valence-corrected chi connectivity index (χ3v) is 6.87. The average Bonchev–Trinajstić information content (AvgIpc) is 2.62. The molecule has 0 bridgehead atoms. The van der Waals surface area contributed by atoms with E-state index in [1.807, 2.05) is 0 Å². The zero-order chi connectivity index (χ0) is 37.6. The van der Waals surface area contributed by atoms with Gasteiger partial charge in [-0.15, -0.1) is 0 Å². The zero-order valence-corrected chi connectivity index (χ0v) is 37.3. The van der Waals surface area contributed by atoms with Crippen molar-refractivity contribution >= 4 is 0 Å². The molecule has 49 heavy (non-hydrogen) atoms. The van der Waals surface area contributed by atoms with Crippen LogP contribution in [0.3, 0.4) is 0 Å². The molecule has 0 aliphatic rings. The SMILES string of the molecule is C.C.C.C.CC(C)(C)C/C=C\CC(C)(C)C.CC(C)(C)CC(C)(C)C.CC(C)(C)CCC(C)(C)C.CC(C)(C)CCC(C)(C)CC(C)(C)C. The van der Waals surface area contributed by atoms with E-state index in [1.54, 1.807) is 0 Å². The van der Waals surface area contributed by atoms with Gasteiger partial charge in [-0.25, -0.2) is 0 Å². The molecule has 308 valence electrons. The van der Waals surface area contributed by atoms with Crippen LogP contribution in [0.15, 0.2) is 12.2 Å². The van der Waals surface area contributed by atoms with E-state index in [0.717, 1.165) is 0 Å². The first-order valence-electron chi connectivity index (χ1n) is 18.7. The maximum absolute atomic E-state index is 2.41. The normalized spacial score (nSPS) is 13.0. The molecule has 0 heteroatoms. The Morgan fingerprint density at radius 3 is 0.592 bits per heavy atom. The molecule has 0 aliphatic heterocycles. The molecule has 0 aromatic carbocycles. The van der Waals surface area contributed by atoms with Gasteiger partial charge in [-0.1, -0.05) is 222 Å². The molecular formula is C49H112. The minimum Gasteiger partial charge on any atom is -0.0880 e. The number of hydrogen-bond donors (Lipinski definition) is 0. The fraction of sp³-hybridized carbons (Fsp3) is 0.959. The van der Waals surface area contributed by atoms with E-state index in [0.29, 0.717) is 48.7 Å². The molecule has 0 spiro atoms. The van der Waals surface area contributed by atoms with Crippen molar-refractivity contribution in [3.05, 3.63) is 12.2 Å². The molecule has 0 heterocycles. The van der Waals surface area contributed by atoms with Gasteiger partial charge >= 0.3 is 0 Å². The monoisotopic (exact) mass is 701 g/mol. The highest BCUT2D eigenvalue weighted by molar-refractivity contribution is 4.88. The van der Waals surface area contributed by atoms with E-state index >= 15 is 0 Å². The maximum atomic E-state index is 2.41. The van der Waals surface area contributed by atoms with Crippen LogP contribution >= 0.6 is 0 Å². The van der Waals surface area contributed by atoms with Crippen LogP contribution in [-0.4, -0.2) is 0 Å². The summed E-state index contributed by atoms with van der Waals surface area (Å²) in [5, 5.41) is 0. The van der Waals surface area contributed by atoms with Crippen molar-refractivity contribution in [3.8, 4) is 0 Å². The third-order valence-electron chi connectivity index (χ3n) is 6.87. The summed E-state index contributed by atoms with van der Waals surface area (Å²) in [7, 11) is 0. The highest BCUT2D eigenvalue weighted by Gasteiger charge is 2.27. The molecule has 0 aromatic rings. The Bertz CT molecular complexity index is 685. The summed E-state index contributed by atoms with van der Waals surface area (Å²) in [5.41, 5.74) is 4.29. The molecule has 0 amide bonds. The summed E-state index contributed by atoms with van der Waals surface area (Å²) in [4.78, 5) is 0. The highest BCUT2D eigenvalue weighted by Crippen LogP contribution is 2.39.